The van der Waals surface area contributed by atoms with Gasteiger partial charge in [0.15, 0.2) is 17.5 Å². The zero-order chi connectivity index (χ0) is 32.7. The minimum absolute atomic E-state index is 0.218. The van der Waals surface area contributed by atoms with Crippen molar-refractivity contribution in [2.75, 3.05) is 0 Å². The van der Waals surface area contributed by atoms with Crippen LogP contribution in [0.1, 0.15) is 25.0 Å². The molecule has 6 aromatic carbocycles. The maximum absolute atomic E-state index is 6.41. The molecule has 49 heavy (non-hydrogen) atoms. The molecule has 0 N–H and O–H groups in total. The molecular weight excluding hydrogens is 621 g/mol. The molecule has 0 amide bonds. The molecule has 0 saturated carbocycles. The number of rotatable bonds is 4. The van der Waals surface area contributed by atoms with Crippen LogP contribution in [-0.2, 0) is 5.41 Å². The third-order valence-corrected chi connectivity index (χ3v) is 10.9. The average molecular weight is 649 g/mol. The molecule has 5 nitrogen and oxygen atoms in total. The number of fused-ring (bicyclic) bond motifs is 8. The van der Waals surface area contributed by atoms with Gasteiger partial charge in [-0.05, 0) is 41.0 Å². The molecule has 0 spiro atoms. The number of hydrogen-bond acceptors (Lipinski definition) is 6. The van der Waals surface area contributed by atoms with E-state index in [0.717, 1.165) is 54.7 Å². The zero-order valence-corrected chi connectivity index (χ0v) is 27.6. The first-order chi connectivity index (χ1) is 24.0. The molecule has 0 unspecified atom stereocenters. The summed E-state index contributed by atoms with van der Waals surface area (Å²) in [7, 11) is 0. The Morgan fingerprint density at radius 3 is 2.04 bits per heavy atom. The summed E-state index contributed by atoms with van der Waals surface area (Å²) in [6.07, 6.45) is 0. The molecule has 0 bridgehead atoms. The fourth-order valence-electron chi connectivity index (χ4n) is 7.31. The molecular formula is C43H28N4OS. The Kier molecular flexibility index (Phi) is 6.02. The van der Waals surface area contributed by atoms with Gasteiger partial charge in [-0.3, -0.25) is 0 Å². The Morgan fingerprint density at radius 1 is 0.531 bits per heavy atom. The van der Waals surface area contributed by atoms with Crippen LogP contribution >= 0.6 is 11.3 Å². The number of hydrogen-bond donors (Lipinski definition) is 0. The second-order valence-electron chi connectivity index (χ2n) is 13.1. The third kappa shape index (κ3) is 4.31. The number of nitrogens with zero attached hydrogens (tertiary/aromatic N) is 4. The van der Waals surface area contributed by atoms with Crippen molar-refractivity contribution in [3.05, 3.63) is 145 Å². The number of thiazole rings is 1. The zero-order valence-electron chi connectivity index (χ0n) is 26.8. The minimum Gasteiger partial charge on any atom is -0.455 e. The van der Waals surface area contributed by atoms with Crippen LogP contribution in [0.15, 0.2) is 138 Å². The molecule has 232 valence electrons. The van der Waals surface area contributed by atoms with Crippen LogP contribution in [0.2, 0.25) is 0 Å². The smallest absolute Gasteiger partial charge is 0.167 e. The van der Waals surface area contributed by atoms with Crippen molar-refractivity contribution in [2.45, 2.75) is 19.3 Å². The lowest BCUT2D eigenvalue weighted by molar-refractivity contribution is 0.661. The largest absolute Gasteiger partial charge is 0.455 e. The molecule has 1 aliphatic carbocycles. The van der Waals surface area contributed by atoms with Crippen molar-refractivity contribution >= 4 is 43.5 Å². The molecule has 6 heteroatoms. The van der Waals surface area contributed by atoms with Crippen molar-refractivity contribution in [1.29, 1.82) is 0 Å². The van der Waals surface area contributed by atoms with Gasteiger partial charge in [0.05, 0.1) is 15.8 Å². The molecule has 10 rings (SSSR count). The molecule has 9 aromatic rings. The maximum Gasteiger partial charge on any atom is 0.167 e. The van der Waals surface area contributed by atoms with Gasteiger partial charge in [-0.2, -0.15) is 0 Å². The lowest BCUT2D eigenvalue weighted by atomic mass is 9.82. The van der Waals surface area contributed by atoms with Gasteiger partial charge in [0.25, 0.3) is 0 Å². The van der Waals surface area contributed by atoms with E-state index in [1.54, 1.807) is 11.3 Å². The van der Waals surface area contributed by atoms with Crippen molar-refractivity contribution in [2.24, 2.45) is 0 Å². The summed E-state index contributed by atoms with van der Waals surface area (Å²) in [5.74, 6) is 1.83. The molecule has 0 aliphatic heterocycles. The van der Waals surface area contributed by atoms with Crippen LogP contribution in [0.5, 0.6) is 0 Å². The molecule has 0 atom stereocenters. The Labute approximate surface area is 286 Å². The van der Waals surface area contributed by atoms with Gasteiger partial charge in [0.1, 0.15) is 16.2 Å². The Bertz CT molecular complexity index is 2750. The highest BCUT2D eigenvalue weighted by Gasteiger charge is 2.37. The van der Waals surface area contributed by atoms with Gasteiger partial charge in [-0.25, -0.2) is 19.9 Å². The average Bonchev–Trinajstić information content (AvgIpc) is 3.82. The summed E-state index contributed by atoms with van der Waals surface area (Å²) >= 11 is 1.77. The van der Waals surface area contributed by atoms with E-state index in [9.17, 15) is 0 Å². The van der Waals surface area contributed by atoms with Crippen LogP contribution < -0.4 is 0 Å². The first kappa shape index (κ1) is 28.1. The predicted molar refractivity (Wildman–Crippen MR) is 200 cm³/mol. The summed E-state index contributed by atoms with van der Waals surface area (Å²) < 4.78 is 7.64. The van der Waals surface area contributed by atoms with Crippen molar-refractivity contribution in [3.8, 4) is 55.9 Å². The van der Waals surface area contributed by atoms with Gasteiger partial charge >= 0.3 is 0 Å². The Morgan fingerprint density at radius 2 is 1.22 bits per heavy atom. The standard InChI is InChI=1S/C43H28N4OS/c1-43(2)32-22-23-34-38(49-42(44-34)26-14-7-4-8-15-26)36(32)30-21-20-27(24-33(30)43)40-45-39(25-12-5-3-6-13-25)46-41(47-40)31-18-11-17-29-28-16-9-10-19-35(28)48-37(29)31/h3-24H,1-2H3. The van der Waals surface area contributed by atoms with E-state index in [1.165, 1.54) is 27.0 Å². The van der Waals surface area contributed by atoms with Crippen molar-refractivity contribution in [3.63, 3.8) is 0 Å². The third-order valence-electron chi connectivity index (χ3n) is 9.78. The maximum atomic E-state index is 6.41. The quantitative estimate of drug-likeness (QED) is 0.190. The van der Waals surface area contributed by atoms with E-state index in [0.29, 0.717) is 17.5 Å². The van der Waals surface area contributed by atoms with Crippen molar-refractivity contribution in [1.82, 2.24) is 19.9 Å². The topological polar surface area (TPSA) is 64.7 Å². The molecule has 0 radical (unpaired) electrons. The van der Waals surface area contributed by atoms with E-state index in [-0.39, 0.29) is 5.41 Å². The fourth-order valence-corrected chi connectivity index (χ4v) is 8.44. The van der Waals surface area contributed by atoms with Gasteiger partial charge in [-0.15, -0.1) is 11.3 Å². The number of aromatic nitrogens is 4. The predicted octanol–water partition coefficient (Wildman–Crippen LogP) is 11.4. The first-order valence-electron chi connectivity index (χ1n) is 16.4. The van der Waals surface area contributed by atoms with Gasteiger partial charge < -0.3 is 4.42 Å². The van der Waals surface area contributed by atoms with E-state index in [4.69, 9.17) is 24.4 Å². The summed E-state index contributed by atoms with van der Waals surface area (Å²) in [6, 6.07) is 45.9. The molecule has 0 fully saturated rings. The van der Waals surface area contributed by atoms with Crippen LogP contribution in [0.25, 0.3) is 88.0 Å². The first-order valence-corrected chi connectivity index (χ1v) is 17.2. The monoisotopic (exact) mass is 648 g/mol. The lowest BCUT2D eigenvalue weighted by Gasteiger charge is -2.21. The van der Waals surface area contributed by atoms with Crippen LogP contribution in [0, 0.1) is 0 Å². The second kappa shape index (κ2) is 10.5. The molecule has 3 aromatic heterocycles. The summed E-state index contributed by atoms with van der Waals surface area (Å²) in [6.45, 7) is 4.62. The lowest BCUT2D eigenvalue weighted by Crippen LogP contribution is -2.15. The van der Waals surface area contributed by atoms with E-state index in [2.05, 4.69) is 80.6 Å². The second-order valence-corrected chi connectivity index (χ2v) is 14.1. The molecule has 3 heterocycles. The Hall–Kier alpha value is -5.98. The summed E-state index contributed by atoms with van der Waals surface area (Å²) in [5.41, 5.74) is 11.4. The van der Waals surface area contributed by atoms with Crippen LogP contribution in [-0.4, -0.2) is 19.9 Å². The molecule has 0 saturated heterocycles. The van der Waals surface area contributed by atoms with Crippen LogP contribution in [0.3, 0.4) is 0 Å². The highest BCUT2D eigenvalue weighted by atomic mass is 32.1. The van der Waals surface area contributed by atoms with Gasteiger partial charge in [0, 0.05) is 38.4 Å². The normalized spacial score (nSPS) is 13.3. The highest BCUT2D eigenvalue weighted by molar-refractivity contribution is 7.22. The fraction of sp³-hybridized carbons (Fsp3) is 0.0698. The van der Waals surface area contributed by atoms with Gasteiger partial charge in [-0.1, -0.05) is 123 Å². The van der Waals surface area contributed by atoms with E-state index in [1.807, 2.05) is 66.7 Å². The van der Waals surface area contributed by atoms with Crippen molar-refractivity contribution < 1.29 is 4.42 Å². The SMILES string of the molecule is CC1(C)c2cc(-c3nc(-c4ccccc4)nc(-c4cccc5c4oc4ccccc45)n3)ccc2-c2c1ccc1nc(-c3ccccc3)sc21. The summed E-state index contributed by atoms with van der Waals surface area (Å²) in [4.78, 5) is 20.3. The Balaban J connectivity index is 1.16. The van der Waals surface area contributed by atoms with Gasteiger partial charge in [0.2, 0.25) is 0 Å². The number of furan rings is 1. The molecule has 1 aliphatic rings. The minimum atomic E-state index is -0.218. The van der Waals surface area contributed by atoms with E-state index < -0.39 is 0 Å². The van der Waals surface area contributed by atoms with E-state index >= 15 is 0 Å². The number of benzene rings is 6. The number of para-hydroxylation sites is 2. The summed E-state index contributed by atoms with van der Waals surface area (Å²) in [5, 5.41) is 3.15. The highest BCUT2D eigenvalue weighted by Crippen LogP contribution is 2.53. The van der Waals surface area contributed by atoms with Crippen LogP contribution in [0.4, 0.5) is 0 Å².